The van der Waals surface area contributed by atoms with Crippen LogP contribution >= 0.6 is 11.8 Å². The summed E-state index contributed by atoms with van der Waals surface area (Å²) in [5, 5.41) is 2.89. The summed E-state index contributed by atoms with van der Waals surface area (Å²) in [5.74, 6) is 1.55. The van der Waals surface area contributed by atoms with Crippen molar-refractivity contribution in [2.24, 2.45) is 0 Å². The fourth-order valence-corrected chi connectivity index (χ4v) is 3.01. The zero-order valence-corrected chi connectivity index (χ0v) is 14.7. The lowest BCUT2D eigenvalue weighted by Crippen LogP contribution is -2.30. The second kappa shape index (κ2) is 8.63. The first kappa shape index (κ1) is 17.4. The fourth-order valence-electron chi connectivity index (χ4n) is 2.22. The molecule has 0 heterocycles. The number of amides is 1. The van der Waals surface area contributed by atoms with E-state index in [-0.39, 0.29) is 12.5 Å². The Labute approximate surface area is 142 Å². The first-order valence-electron chi connectivity index (χ1n) is 7.71. The SMILES string of the molecule is Cc1cc(C)c(C)c(OCC(=O)NCCSc2ccccc2)c1. The lowest BCUT2D eigenvalue weighted by atomic mass is 10.1. The summed E-state index contributed by atoms with van der Waals surface area (Å²) in [7, 11) is 0. The zero-order valence-electron chi connectivity index (χ0n) is 13.9. The normalized spacial score (nSPS) is 10.4. The molecular formula is C19H23NO2S. The lowest BCUT2D eigenvalue weighted by Gasteiger charge is -2.12. The van der Waals surface area contributed by atoms with Crippen LogP contribution in [0.3, 0.4) is 0 Å². The smallest absolute Gasteiger partial charge is 0.257 e. The van der Waals surface area contributed by atoms with Crippen LogP contribution in [-0.4, -0.2) is 24.8 Å². The summed E-state index contributed by atoms with van der Waals surface area (Å²) >= 11 is 1.73. The Morgan fingerprint density at radius 2 is 1.87 bits per heavy atom. The molecule has 0 saturated carbocycles. The summed E-state index contributed by atoms with van der Waals surface area (Å²) in [5.41, 5.74) is 3.41. The van der Waals surface area contributed by atoms with Gasteiger partial charge in [-0.25, -0.2) is 0 Å². The second-order valence-electron chi connectivity index (χ2n) is 5.51. The third kappa shape index (κ3) is 5.64. The number of carbonyl (C=O) groups excluding carboxylic acids is 1. The maximum Gasteiger partial charge on any atom is 0.257 e. The van der Waals surface area contributed by atoms with Crippen LogP contribution in [-0.2, 0) is 4.79 Å². The van der Waals surface area contributed by atoms with Crippen LogP contribution in [0.15, 0.2) is 47.4 Å². The molecule has 1 N–H and O–H groups in total. The Morgan fingerprint density at radius 1 is 1.13 bits per heavy atom. The number of carbonyl (C=O) groups is 1. The monoisotopic (exact) mass is 329 g/mol. The van der Waals surface area contributed by atoms with E-state index in [2.05, 4.69) is 30.4 Å². The molecule has 0 spiro atoms. The molecule has 0 unspecified atom stereocenters. The molecule has 0 saturated heterocycles. The highest BCUT2D eigenvalue weighted by Gasteiger charge is 2.07. The molecule has 122 valence electrons. The van der Waals surface area contributed by atoms with Gasteiger partial charge in [0.25, 0.3) is 5.91 Å². The summed E-state index contributed by atoms with van der Waals surface area (Å²) in [6.07, 6.45) is 0. The molecule has 0 atom stereocenters. The molecule has 2 aromatic carbocycles. The molecule has 0 radical (unpaired) electrons. The van der Waals surface area contributed by atoms with Crippen LogP contribution in [0.25, 0.3) is 0 Å². The van der Waals surface area contributed by atoms with E-state index in [1.807, 2.05) is 38.1 Å². The maximum absolute atomic E-state index is 11.9. The summed E-state index contributed by atoms with van der Waals surface area (Å²) in [6, 6.07) is 14.3. The molecule has 0 aliphatic rings. The molecule has 2 aromatic rings. The van der Waals surface area contributed by atoms with Gasteiger partial charge in [0.2, 0.25) is 0 Å². The molecule has 4 heteroatoms. The molecule has 0 aliphatic heterocycles. The van der Waals surface area contributed by atoms with Gasteiger partial charge in [0.1, 0.15) is 5.75 Å². The number of nitrogens with one attached hydrogen (secondary N) is 1. The Kier molecular flexibility index (Phi) is 6.53. The number of hydrogen-bond acceptors (Lipinski definition) is 3. The molecule has 0 fully saturated rings. The van der Waals surface area contributed by atoms with Crippen LogP contribution in [0.5, 0.6) is 5.75 Å². The minimum absolute atomic E-state index is 0.0553. The number of benzene rings is 2. The average Bonchev–Trinajstić information content (AvgIpc) is 2.54. The van der Waals surface area contributed by atoms with Crippen molar-refractivity contribution >= 4 is 17.7 Å². The largest absolute Gasteiger partial charge is 0.483 e. The minimum atomic E-state index is -0.0859. The highest BCUT2D eigenvalue weighted by atomic mass is 32.2. The van der Waals surface area contributed by atoms with Gasteiger partial charge in [0, 0.05) is 17.2 Å². The van der Waals surface area contributed by atoms with Crippen molar-refractivity contribution in [3.8, 4) is 5.75 Å². The van der Waals surface area contributed by atoms with Crippen LogP contribution in [0.4, 0.5) is 0 Å². The van der Waals surface area contributed by atoms with Gasteiger partial charge in [-0.3, -0.25) is 4.79 Å². The van der Waals surface area contributed by atoms with Gasteiger partial charge in [-0.2, -0.15) is 0 Å². The summed E-state index contributed by atoms with van der Waals surface area (Å²) in [4.78, 5) is 13.1. The maximum atomic E-state index is 11.9. The van der Waals surface area contributed by atoms with E-state index in [4.69, 9.17) is 4.74 Å². The van der Waals surface area contributed by atoms with Gasteiger partial charge in [0.05, 0.1) is 0 Å². The lowest BCUT2D eigenvalue weighted by molar-refractivity contribution is -0.122. The molecule has 23 heavy (non-hydrogen) atoms. The first-order chi connectivity index (χ1) is 11.1. The van der Waals surface area contributed by atoms with Gasteiger partial charge in [-0.15, -0.1) is 11.8 Å². The van der Waals surface area contributed by atoms with Gasteiger partial charge >= 0.3 is 0 Å². The average molecular weight is 329 g/mol. The Bertz CT molecular complexity index is 656. The highest BCUT2D eigenvalue weighted by Crippen LogP contribution is 2.23. The number of thioether (sulfide) groups is 1. The van der Waals surface area contributed by atoms with Gasteiger partial charge in [0.15, 0.2) is 6.61 Å². The Morgan fingerprint density at radius 3 is 2.61 bits per heavy atom. The van der Waals surface area contributed by atoms with Crippen LogP contribution in [0.1, 0.15) is 16.7 Å². The van der Waals surface area contributed by atoms with Gasteiger partial charge in [-0.1, -0.05) is 24.3 Å². The van der Waals surface area contributed by atoms with Crippen molar-refractivity contribution in [1.82, 2.24) is 5.32 Å². The van der Waals surface area contributed by atoms with E-state index in [1.54, 1.807) is 11.8 Å². The van der Waals surface area contributed by atoms with Gasteiger partial charge < -0.3 is 10.1 Å². The molecule has 1 amide bonds. The molecule has 0 aliphatic carbocycles. The predicted molar refractivity (Wildman–Crippen MR) is 96.3 cm³/mol. The molecule has 3 nitrogen and oxygen atoms in total. The summed E-state index contributed by atoms with van der Waals surface area (Å²) < 4.78 is 5.66. The summed E-state index contributed by atoms with van der Waals surface area (Å²) in [6.45, 7) is 6.78. The van der Waals surface area contributed by atoms with E-state index >= 15 is 0 Å². The topological polar surface area (TPSA) is 38.3 Å². The Hall–Kier alpha value is -1.94. The number of hydrogen-bond donors (Lipinski definition) is 1. The van der Waals surface area contributed by atoms with Crippen LogP contribution in [0.2, 0.25) is 0 Å². The number of rotatable bonds is 7. The third-order valence-electron chi connectivity index (χ3n) is 3.56. The van der Waals surface area contributed by atoms with Crippen molar-refractivity contribution in [3.05, 3.63) is 59.2 Å². The quantitative estimate of drug-likeness (QED) is 0.618. The molecule has 2 rings (SSSR count). The molecule has 0 bridgehead atoms. The number of ether oxygens (including phenoxy) is 1. The van der Waals surface area contributed by atoms with E-state index in [9.17, 15) is 4.79 Å². The van der Waals surface area contributed by atoms with E-state index in [0.717, 1.165) is 22.6 Å². The zero-order chi connectivity index (χ0) is 16.7. The highest BCUT2D eigenvalue weighted by molar-refractivity contribution is 7.99. The van der Waals surface area contributed by atoms with Crippen LogP contribution in [0, 0.1) is 20.8 Å². The van der Waals surface area contributed by atoms with Crippen molar-refractivity contribution in [3.63, 3.8) is 0 Å². The van der Waals surface area contributed by atoms with E-state index in [0.29, 0.717) is 6.54 Å². The predicted octanol–water partition coefficient (Wildman–Crippen LogP) is 3.90. The van der Waals surface area contributed by atoms with Crippen molar-refractivity contribution < 1.29 is 9.53 Å². The number of aryl methyl sites for hydroxylation is 2. The molecular weight excluding hydrogens is 306 g/mol. The van der Waals surface area contributed by atoms with Crippen molar-refractivity contribution in [2.75, 3.05) is 18.9 Å². The molecule has 0 aromatic heterocycles. The third-order valence-corrected chi connectivity index (χ3v) is 4.57. The first-order valence-corrected chi connectivity index (χ1v) is 8.70. The van der Waals surface area contributed by atoms with E-state index in [1.165, 1.54) is 10.5 Å². The fraction of sp³-hybridized carbons (Fsp3) is 0.316. The van der Waals surface area contributed by atoms with Gasteiger partial charge in [-0.05, 0) is 55.7 Å². The van der Waals surface area contributed by atoms with Crippen LogP contribution < -0.4 is 10.1 Å². The van der Waals surface area contributed by atoms with Crippen molar-refractivity contribution in [2.45, 2.75) is 25.7 Å². The minimum Gasteiger partial charge on any atom is -0.483 e. The second-order valence-corrected chi connectivity index (χ2v) is 6.67. The standard InChI is InChI=1S/C19H23NO2S/c1-14-11-15(2)16(3)18(12-14)22-13-19(21)20-9-10-23-17-7-5-4-6-8-17/h4-8,11-12H,9-10,13H2,1-3H3,(H,20,21). The van der Waals surface area contributed by atoms with E-state index < -0.39 is 0 Å². The Balaban J connectivity index is 1.71. The van der Waals surface area contributed by atoms with Crippen molar-refractivity contribution in [1.29, 1.82) is 0 Å².